The van der Waals surface area contributed by atoms with Crippen LogP contribution >= 0.6 is 0 Å². The zero-order valence-electron chi connectivity index (χ0n) is 13.6. The Bertz CT molecular complexity index is 440. The zero-order chi connectivity index (χ0) is 15.2. The first-order valence-corrected chi connectivity index (χ1v) is 8.21. The van der Waals surface area contributed by atoms with Crippen LogP contribution in [-0.4, -0.2) is 17.6 Å². The molecule has 0 spiro atoms. The number of nitrogens with zero attached hydrogens (tertiary/aromatic N) is 1. The van der Waals surface area contributed by atoms with E-state index in [1.807, 2.05) is 26.0 Å². The lowest BCUT2D eigenvalue weighted by molar-refractivity contribution is 0.234. The highest BCUT2D eigenvalue weighted by Gasteiger charge is 2.17. The van der Waals surface area contributed by atoms with Gasteiger partial charge in [0.05, 0.1) is 11.8 Å². The fraction of sp³-hybridized carbons (Fsp3) is 0.706. The first-order chi connectivity index (χ1) is 10.0. The number of hydrogen-bond acceptors (Lipinski definition) is 4. The maximum Gasteiger partial charge on any atom is 0.239 e. The second kappa shape index (κ2) is 7.53. The maximum absolute atomic E-state index is 5.88. The summed E-state index contributed by atoms with van der Waals surface area (Å²) < 4.78 is 5.62. The molecule has 21 heavy (non-hydrogen) atoms. The number of ether oxygens (including phenoxy) is 1. The molecular formula is C17H29N3O. The Morgan fingerprint density at radius 2 is 2.00 bits per heavy atom. The van der Waals surface area contributed by atoms with E-state index in [1.54, 1.807) is 0 Å². The molecule has 0 aromatic carbocycles. The number of nitrogens with two attached hydrogens (primary N) is 1. The molecule has 2 rings (SSSR count). The summed E-state index contributed by atoms with van der Waals surface area (Å²) in [6.07, 6.45) is 6.83. The van der Waals surface area contributed by atoms with Crippen molar-refractivity contribution in [2.75, 3.05) is 17.6 Å². The molecule has 0 bridgehead atoms. The van der Waals surface area contributed by atoms with Crippen molar-refractivity contribution in [1.82, 2.24) is 4.98 Å². The molecule has 0 atom stereocenters. The Balaban J connectivity index is 1.80. The quantitative estimate of drug-likeness (QED) is 0.829. The summed E-state index contributed by atoms with van der Waals surface area (Å²) in [4.78, 5) is 4.45. The molecule has 0 aliphatic heterocycles. The average Bonchev–Trinajstić information content (AvgIpc) is 2.44. The van der Waals surface area contributed by atoms with Gasteiger partial charge in [0.15, 0.2) is 0 Å². The Kier molecular flexibility index (Phi) is 5.71. The standard InChI is InChI=1S/C17H29N3O/c1-12(2)21-17-15(18)8-9-16(20-17)19-11-10-14-6-4-13(3)5-7-14/h8-9,12-14H,4-7,10-11,18H2,1-3H3,(H,19,20). The third-order valence-corrected chi connectivity index (χ3v) is 4.23. The van der Waals surface area contributed by atoms with E-state index in [1.165, 1.54) is 32.1 Å². The first kappa shape index (κ1) is 15.9. The first-order valence-electron chi connectivity index (χ1n) is 8.21. The predicted octanol–water partition coefficient (Wildman–Crippen LogP) is 4.08. The molecule has 1 fully saturated rings. The molecule has 1 aromatic rings. The second-order valence-electron chi connectivity index (χ2n) is 6.60. The van der Waals surface area contributed by atoms with Crippen LogP contribution in [0.4, 0.5) is 11.5 Å². The lowest BCUT2D eigenvalue weighted by Crippen LogP contribution is -2.16. The van der Waals surface area contributed by atoms with E-state index in [9.17, 15) is 0 Å². The van der Waals surface area contributed by atoms with E-state index in [0.717, 1.165) is 24.2 Å². The van der Waals surface area contributed by atoms with Crippen LogP contribution in [0, 0.1) is 11.8 Å². The predicted molar refractivity (Wildman–Crippen MR) is 88.6 cm³/mol. The van der Waals surface area contributed by atoms with E-state index in [2.05, 4.69) is 17.2 Å². The van der Waals surface area contributed by atoms with Gasteiger partial charge in [-0.15, -0.1) is 0 Å². The van der Waals surface area contributed by atoms with Crippen LogP contribution in [0.1, 0.15) is 52.9 Å². The van der Waals surface area contributed by atoms with Gasteiger partial charge in [-0.3, -0.25) is 0 Å². The van der Waals surface area contributed by atoms with Crippen LogP contribution in [0.2, 0.25) is 0 Å². The van der Waals surface area contributed by atoms with Crippen LogP contribution in [0.5, 0.6) is 5.88 Å². The number of aromatic nitrogens is 1. The summed E-state index contributed by atoms with van der Waals surface area (Å²) in [5, 5.41) is 3.40. The monoisotopic (exact) mass is 291 g/mol. The highest BCUT2D eigenvalue weighted by Crippen LogP contribution is 2.30. The molecule has 4 heteroatoms. The number of nitrogen functional groups attached to an aromatic ring is 1. The SMILES string of the molecule is CC1CCC(CCNc2ccc(N)c(OC(C)C)n2)CC1. The molecule has 1 aromatic heterocycles. The third-order valence-electron chi connectivity index (χ3n) is 4.23. The Labute approximate surface area is 128 Å². The molecule has 1 aliphatic carbocycles. The zero-order valence-corrected chi connectivity index (χ0v) is 13.6. The minimum absolute atomic E-state index is 0.0827. The van der Waals surface area contributed by atoms with Crippen molar-refractivity contribution in [1.29, 1.82) is 0 Å². The van der Waals surface area contributed by atoms with Gasteiger partial charge in [0, 0.05) is 6.54 Å². The van der Waals surface area contributed by atoms with Crippen molar-refractivity contribution in [3.05, 3.63) is 12.1 Å². The minimum atomic E-state index is 0.0827. The fourth-order valence-corrected chi connectivity index (χ4v) is 2.89. The number of pyridine rings is 1. The summed E-state index contributed by atoms with van der Waals surface area (Å²) >= 11 is 0. The van der Waals surface area contributed by atoms with Crippen LogP contribution in [-0.2, 0) is 0 Å². The van der Waals surface area contributed by atoms with Gasteiger partial charge in [-0.05, 0) is 44.2 Å². The molecule has 3 N–H and O–H groups in total. The molecule has 1 aliphatic rings. The van der Waals surface area contributed by atoms with Crippen LogP contribution < -0.4 is 15.8 Å². The Morgan fingerprint density at radius 1 is 1.29 bits per heavy atom. The van der Waals surface area contributed by atoms with E-state index in [0.29, 0.717) is 11.6 Å². The highest BCUT2D eigenvalue weighted by atomic mass is 16.5. The van der Waals surface area contributed by atoms with Crippen LogP contribution in [0.3, 0.4) is 0 Å². The molecule has 118 valence electrons. The van der Waals surface area contributed by atoms with E-state index in [-0.39, 0.29) is 6.10 Å². The number of anilines is 2. The molecular weight excluding hydrogens is 262 g/mol. The lowest BCUT2D eigenvalue weighted by atomic mass is 9.81. The lowest BCUT2D eigenvalue weighted by Gasteiger charge is -2.26. The number of nitrogens with one attached hydrogen (secondary N) is 1. The van der Waals surface area contributed by atoms with Crippen LogP contribution in [0.25, 0.3) is 0 Å². The van der Waals surface area contributed by atoms with Gasteiger partial charge in [-0.25, -0.2) is 0 Å². The molecule has 0 saturated heterocycles. The Morgan fingerprint density at radius 3 is 2.67 bits per heavy atom. The molecule has 4 nitrogen and oxygen atoms in total. The van der Waals surface area contributed by atoms with Gasteiger partial charge in [-0.2, -0.15) is 4.98 Å². The second-order valence-corrected chi connectivity index (χ2v) is 6.60. The van der Waals surface area contributed by atoms with Gasteiger partial charge in [0.1, 0.15) is 5.82 Å². The van der Waals surface area contributed by atoms with Gasteiger partial charge >= 0.3 is 0 Å². The van der Waals surface area contributed by atoms with Crippen molar-refractivity contribution in [3.8, 4) is 5.88 Å². The topological polar surface area (TPSA) is 60.2 Å². The van der Waals surface area contributed by atoms with Crippen molar-refractivity contribution < 1.29 is 4.74 Å². The summed E-state index contributed by atoms with van der Waals surface area (Å²) in [5.74, 6) is 3.17. The number of hydrogen-bond donors (Lipinski definition) is 2. The Hall–Kier alpha value is -1.45. The van der Waals surface area contributed by atoms with Gasteiger partial charge in [0.25, 0.3) is 0 Å². The largest absolute Gasteiger partial charge is 0.473 e. The van der Waals surface area contributed by atoms with E-state index in [4.69, 9.17) is 10.5 Å². The van der Waals surface area contributed by atoms with E-state index >= 15 is 0 Å². The van der Waals surface area contributed by atoms with Crippen molar-refractivity contribution in [2.45, 2.75) is 59.0 Å². The summed E-state index contributed by atoms with van der Waals surface area (Å²) in [7, 11) is 0. The summed E-state index contributed by atoms with van der Waals surface area (Å²) in [5.41, 5.74) is 6.47. The van der Waals surface area contributed by atoms with Gasteiger partial charge in [-0.1, -0.05) is 32.6 Å². The summed E-state index contributed by atoms with van der Waals surface area (Å²) in [6.45, 7) is 7.29. The third kappa shape index (κ3) is 5.10. The van der Waals surface area contributed by atoms with Crippen molar-refractivity contribution >= 4 is 11.5 Å². The van der Waals surface area contributed by atoms with Gasteiger partial charge in [0.2, 0.25) is 5.88 Å². The summed E-state index contributed by atoms with van der Waals surface area (Å²) in [6, 6.07) is 3.78. The number of rotatable bonds is 6. The van der Waals surface area contributed by atoms with E-state index < -0.39 is 0 Å². The fourth-order valence-electron chi connectivity index (χ4n) is 2.89. The van der Waals surface area contributed by atoms with Gasteiger partial charge < -0.3 is 15.8 Å². The van der Waals surface area contributed by atoms with Crippen molar-refractivity contribution in [3.63, 3.8) is 0 Å². The average molecular weight is 291 g/mol. The molecule has 0 amide bonds. The molecule has 1 saturated carbocycles. The molecule has 0 radical (unpaired) electrons. The normalized spacial score (nSPS) is 22.3. The minimum Gasteiger partial charge on any atom is -0.473 e. The van der Waals surface area contributed by atoms with Crippen LogP contribution in [0.15, 0.2) is 12.1 Å². The molecule has 1 heterocycles. The highest BCUT2D eigenvalue weighted by molar-refractivity contribution is 5.53. The molecule has 0 unspecified atom stereocenters. The smallest absolute Gasteiger partial charge is 0.239 e. The van der Waals surface area contributed by atoms with Crippen molar-refractivity contribution in [2.24, 2.45) is 11.8 Å². The maximum atomic E-state index is 5.88.